The Labute approximate surface area is 130 Å². The molecule has 0 spiro atoms. The second-order valence-electron chi connectivity index (χ2n) is 4.26. The zero-order valence-electron chi connectivity index (χ0n) is 12.6. The molecule has 3 atom stereocenters. The number of aliphatic hydroxyl groups is 2. The van der Waals surface area contributed by atoms with Gasteiger partial charge in [0.25, 0.3) is 5.56 Å². The fourth-order valence-corrected chi connectivity index (χ4v) is 2.88. The largest absolute Gasteiger partial charge is 0.394 e. The number of nitrogens with one attached hydrogen (secondary N) is 1. The van der Waals surface area contributed by atoms with Gasteiger partial charge in [-0.2, -0.15) is 5.10 Å². The topological polar surface area (TPSA) is 113 Å². The first-order valence-electron chi connectivity index (χ1n) is 7.05. The number of aliphatic hydroxyl groups excluding tert-OH is 2. The molecule has 0 amide bonds. The molecule has 1 aliphatic rings. The van der Waals surface area contributed by atoms with Gasteiger partial charge in [0, 0.05) is 7.79 Å². The summed E-state index contributed by atoms with van der Waals surface area (Å²) in [6, 6.07) is 0. The summed E-state index contributed by atoms with van der Waals surface area (Å²) in [6.07, 6.45) is -0.268. The van der Waals surface area contributed by atoms with Crippen LogP contribution in [0.2, 0.25) is 0 Å². The Hall–Kier alpha value is -1.04. The van der Waals surface area contributed by atoms with E-state index in [2.05, 4.69) is 20.2 Å². The van der Waals surface area contributed by atoms with Gasteiger partial charge >= 0.3 is 0 Å². The Balaban J connectivity index is 0.000000847. The summed E-state index contributed by atoms with van der Waals surface area (Å²) in [5.74, 6) is 0. The molecule has 2 aromatic heterocycles. The Morgan fingerprint density at radius 2 is 2.60 bits per heavy atom. The predicted molar refractivity (Wildman–Crippen MR) is 79.2 cm³/mol. The highest BCUT2D eigenvalue weighted by atomic mass is 127. The van der Waals surface area contributed by atoms with Crippen molar-refractivity contribution < 1.29 is 16.3 Å². The molecule has 3 N–H and O–H groups in total. The van der Waals surface area contributed by atoms with Crippen molar-refractivity contribution in [1.82, 2.24) is 19.7 Å². The first-order chi connectivity index (χ1) is 10.6. The van der Waals surface area contributed by atoms with Crippen molar-refractivity contribution >= 4 is 33.6 Å². The molecule has 0 aliphatic carbocycles. The Kier molecular flexibility index (Phi) is 3.65. The number of rotatable bonds is 3. The summed E-state index contributed by atoms with van der Waals surface area (Å²) in [6.45, 7) is -0.0258. The van der Waals surface area contributed by atoms with Gasteiger partial charge in [0.2, 0.25) is 1.43 Å². The molecule has 3 unspecified atom stereocenters. The Morgan fingerprint density at radius 3 is 3.35 bits per heavy atom. The average Bonchev–Trinajstić information content (AvgIpc) is 3.04. The summed E-state index contributed by atoms with van der Waals surface area (Å²) in [5.41, 5.74) is 0.137. The van der Waals surface area contributed by atoms with Gasteiger partial charge in [-0.25, -0.2) is 9.67 Å². The van der Waals surface area contributed by atoms with Crippen molar-refractivity contribution in [1.29, 1.82) is 1.43 Å². The molecule has 0 aromatic carbocycles. The third kappa shape index (κ3) is 2.34. The quantitative estimate of drug-likeness (QED) is 0.629. The summed E-state index contributed by atoms with van der Waals surface area (Å²) in [4.78, 5) is 18.4. The molecule has 9 heteroatoms. The molecule has 0 bridgehead atoms. The number of H-pyrrole nitrogens is 1. The van der Waals surface area contributed by atoms with Gasteiger partial charge in [-0.05, 0) is 22.6 Å². The third-order valence-electron chi connectivity index (χ3n) is 3.09. The number of aromatic nitrogens is 4. The van der Waals surface area contributed by atoms with Crippen LogP contribution >= 0.6 is 22.6 Å². The minimum absolute atomic E-state index is 0.0258. The first-order valence-corrected chi connectivity index (χ1v) is 6.72. The lowest BCUT2D eigenvalue weighted by Gasteiger charge is -2.12. The maximum Gasteiger partial charge on any atom is 0.262 e. The number of hydrogen-bond acceptors (Lipinski definition) is 6. The minimum Gasteiger partial charge on any atom is -0.394 e. The number of aromatic amines is 1. The number of hydrogen-bond donors (Lipinski definition) is 3. The highest BCUT2D eigenvalue weighted by Crippen LogP contribution is 2.30. The lowest BCUT2D eigenvalue weighted by Crippen LogP contribution is -2.24. The van der Waals surface area contributed by atoms with Crippen LogP contribution in [0.25, 0.3) is 11.0 Å². The number of nitrogens with zero attached hydrogens (tertiary/aromatic N) is 3. The average molecular weight is 397 g/mol. The molecule has 110 valence electrons. The van der Waals surface area contributed by atoms with E-state index in [4.69, 9.17) is 7.54 Å². The lowest BCUT2D eigenvalue weighted by atomic mass is 10.2. The molecule has 3 rings (SSSR count). The van der Waals surface area contributed by atoms with Gasteiger partial charge in [-0.3, -0.25) is 4.79 Å². The zero-order chi connectivity index (χ0) is 16.3. The summed E-state index contributed by atoms with van der Waals surface area (Å²) in [7, 11) is 1.25. The van der Waals surface area contributed by atoms with E-state index >= 15 is 0 Å². The van der Waals surface area contributed by atoms with Crippen LogP contribution in [0.3, 0.4) is 0 Å². The predicted octanol–water partition coefficient (Wildman–Crippen LogP) is 0.001000. The van der Waals surface area contributed by atoms with Crippen molar-refractivity contribution in [3.63, 3.8) is 0 Å². The fraction of sp³-hybridized carbons (Fsp3) is 0.545. The van der Waals surface area contributed by atoms with E-state index in [1.54, 1.807) is 0 Å². The SMILES string of the molecule is [2H]OCC1OC(n2nc(I)c3c(=O)[nH]cnc32)CC1O.[3H]C. The highest BCUT2D eigenvalue weighted by Gasteiger charge is 2.36. The molecule has 2 aromatic rings. The van der Waals surface area contributed by atoms with Crippen molar-refractivity contribution in [2.45, 2.75) is 32.3 Å². The van der Waals surface area contributed by atoms with Gasteiger partial charge in [-0.15, -0.1) is 0 Å². The fourth-order valence-electron chi connectivity index (χ4n) is 2.16. The van der Waals surface area contributed by atoms with E-state index in [0.29, 0.717) is 21.2 Å². The van der Waals surface area contributed by atoms with Crippen molar-refractivity contribution in [3.8, 4) is 0 Å². The monoisotopic (exact) mass is 397 g/mol. The van der Waals surface area contributed by atoms with E-state index in [0.717, 1.165) is 0 Å². The lowest BCUT2D eigenvalue weighted by molar-refractivity contribution is -0.0471. The van der Waals surface area contributed by atoms with E-state index in [-0.39, 0.29) is 12.2 Å². The van der Waals surface area contributed by atoms with Gasteiger partial charge in [0.1, 0.15) is 15.2 Å². The molecular formula is C11H15IN4O4. The minimum atomic E-state index is -0.746. The molecule has 1 fully saturated rings. The molecule has 0 saturated carbocycles. The number of fused-ring (bicyclic) bond motifs is 1. The number of halogens is 1. The van der Waals surface area contributed by atoms with Gasteiger partial charge in [0.05, 0.1) is 19.0 Å². The van der Waals surface area contributed by atoms with Crippen LogP contribution in [-0.4, -0.2) is 50.2 Å². The van der Waals surface area contributed by atoms with Gasteiger partial charge in [0.15, 0.2) is 11.9 Å². The first kappa shape index (κ1) is 12.7. The van der Waals surface area contributed by atoms with Crippen LogP contribution in [0.5, 0.6) is 0 Å². The molecule has 1 aliphatic heterocycles. The Morgan fingerprint density at radius 1 is 1.80 bits per heavy atom. The van der Waals surface area contributed by atoms with Crippen LogP contribution in [0.1, 0.15) is 21.4 Å². The van der Waals surface area contributed by atoms with E-state index in [1.165, 1.54) is 18.4 Å². The summed E-state index contributed by atoms with van der Waals surface area (Å²) in [5, 5.41) is 18.8. The number of ether oxygens (including phenoxy) is 1. The standard InChI is InChI=1S/C10H11IN4O4.CH4/c11-8-7-9(12-3-13-10(7)18)15(14-8)6-1-4(17)5(2-16)19-6;/h3-6,16-17H,1-2H2,(H,12,13,18);1H4/i16D;1T. The van der Waals surface area contributed by atoms with Crippen LogP contribution in [0.15, 0.2) is 11.1 Å². The maximum atomic E-state index is 11.8. The third-order valence-corrected chi connectivity index (χ3v) is 3.85. The van der Waals surface area contributed by atoms with E-state index < -0.39 is 18.4 Å². The molecule has 3 heterocycles. The Bertz CT molecular complexity index is 694. The van der Waals surface area contributed by atoms with Crippen molar-refractivity contribution in [3.05, 3.63) is 20.4 Å². The molecule has 0 radical (unpaired) electrons. The van der Waals surface area contributed by atoms with Gasteiger partial charge in [-0.1, -0.05) is 7.40 Å². The molecule has 20 heavy (non-hydrogen) atoms. The van der Waals surface area contributed by atoms with E-state index in [1.807, 2.05) is 22.6 Å². The molecule has 8 nitrogen and oxygen atoms in total. The van der Waals surface area contributed by atoms with Crippen LogP contribution < -0.4 is 5.56 Å². The second kappa shape index (κ2) is 5.76. The zero-order valence-corrected chi connectivity index (χ0v) is 12.8. The maximum absolute atomic E-state index is 11.8. The highest BCUT2D eigenvalue weighted by molar-refractivity contribution is 14.1. The summed E-state index contributed by atoms with van der Waals surface area (Å²) >= 11 is 1.95. The van der Waals surface area contributed by atoms with Crippen LogP contribution in [0.4, 0.5) is 0 Å². The van der Waals surface area contributed by atoms with Gasteiger partial charge < -0.3 is 19.9 Å². The molecular weight excluding hydrogens is 379 g/mol. The smallest absolute Gasteiger partial charge is 0.262 e. The molecule has 1 saturated heterocycles. The van der Waals surface area contributed by atoms with E-state index in [9.17, 15) is 9.90 Å². The van der Waals surface area contributed by atoms with Crippen LogP contribution in [0, 0.1) is 3.70 Å². The summed E-state index contributed by atoms with van der Waals surface area (Å²) < 4.78 is 20.1. The van der Waals surface area contributed by atoms with Crippen molar-refractivity contribution in [2.75, 3.05) is 6.61 Å². The normalized spacial score (nSPS) is 26.9. The second-order valence-corrected chi connectivity index (χ2v) is 5.29. The van der Waals surface area contributed by atoms with Crippen molar-refractivity contribution in [2.24, 2.45) is 0 Å². The van der Waals surface area contributed by atoms with Crippen LogP contribution in [-0.2, 0) is 4.74 Å².